The summed E-state index contributed by atoms with van der Waals surface area (Å²) in [5.41, 5.74) is 0. The third-order valence-corrected chi connectivity index (χ3v) is 12.6. The lowest BCUT2D eigenvalue weighted by molar-refractivity contribution is -0.167. The highest BCUT2D eigenvalue weighted by Gasteiger charge is 2.19. The molecule has 0 aromatic carbocycles. The Balaban J connectivity index is 4.49. The van der Waals surface area contributed by atoms with Gasteiger partial charge in [0.25, 0.3) is 0 Å². The van der Waals surface area contributed by atoms with E-state index in [2.05, 4.69) is 167 Å². The zero-order valence-electron chi connectivity index (χ0n) is 49.0. The van der Waals surface area contributed by atoms with E-state index in [1.807, 2.05) is 0 Å². The van der Waals surface area contributed by atoms with E-state index in [9.17, 15) is 14.4 Å². The minimum absolute atomic E-state index is 0.106. The summed E-state index contributed by atoms with van der Waals surface area (Å²) in [6.45, 7) is 6.35. The van der Waals surface area contributed by atoms with Gasteiger partial charge in [-0.15, -0.1) is 0 Å². The van der Waals surface area contributed by atoms with Crippen LogP contribution in [0.3, 0.4) is 0 Å². The van der Waals surface area contributed by atoms with Crippen LogP contribution in [0.25, 0.3) is 0 Å². The molecule has 428 valence electrons. The summed E-state index contributed by atoms with van der Waals surface area (Å²) in [6, 6.07) is 0. The lowest BCUT2D eigenvalue weighted by Gasteiger charge is -2.18. The van der Waals surface area contributed by atoms with E-state index in [1.54, 1.807) is 0 Å². The van der Waals surface area contributed by atoms with Crippen LogP contribution >= 0.6 is 0 Å². The molecule has 0 amide bonds. The number of esters is 3. The highest BCUT2D eigenvalue weighted by Crippen LogP contribution is 2.14. The molecule has 0 rings (SSSR count). The molecule has 0 saturated heterocycles. The van der Waals surface area contributed by atoms with Gasteiger partial charge in [0.15, 0.2) is 6.10 Å². The smallest absolute Gasteiger partial charge is 0.306 e. The normalized spacial score (nSPS) is 13.1. The molecule has 0 radical (unpaired) electrons. The molecule has 0 aliphatic carbocycles. The minimum Gasteiger partial charge on any atom is -0.462 e. The van der Waals surface area contributed by atoms with Crippen molar-refractivity contribution in [3.63, 3.8) is 0 Å². The van der Waals surface area contributed by atoms with E-state index in [0.717, 1.165) is 161 Å². The van der Waals surface area contributed by atoms with Crippen LogP contribution in [-0.2, 0) is 28.6 Å². The number of hydrogen-bond donors (Lipinski definition) is 0. The maximum Gasteiger partial charge on any atom is 0.306 e. The Labute approximate surface area is 467 Å². The van der Waals surface area contributed by atoms with E-state index in [-0.39, 0.29) is 31.1 Å². The molecular weight excluding hydrogens is 937 g/mol. The quantitative estimate of drug-likeness (QED) is 0.0261. The van der Waals surface area contributed by atoms with Crippen LogP contribution in [0.15, 0.2) is 146 Å². The Morgan fingerprint density at radius 1 is 0.276 bits per heavy atom. The number of carbonyl (C=O) groups excluding carboxylic acids is 3. The van der Waals surface area contributed by atoms with Gasteiger partial charge in [-0.05, 0) is 141 Å². The van der Waals surface area contributed by atoms with Gasteiger partial charge in [-0.1, -0.05) is 244 Å². The summed E-state index contributed by atoms with van der Waals surface area (Å²) in [6.07, 6.45) is 89.8. The second kappa shape index (κ2) is 62.8. The van der Waals surface area contributed by atoms with Crippen LogP contribution in [0, 0.1) is 0 Å². The van der Waals surface area contributed by atoms with Crippen molar-refractivity contribution in [2.75, 3.05) is 13.2 Å². The summed E-state index contributed by atoms with van der Waals surface area (Å²) < 4.78 is 16.9. The van der Waals surface area contributed by atoms with Crippen molar-refractivity contribution in [2.24, 2.45) is 0 Å². The summed E-state index contributed by atoms with van der Waals surface area (Å²) in [7, 11) is 0. The largest absolute Gasteiger partial charge is 0.462 e. The zero-order chi connectivity index (χ0) is 55.0. The second-order valence-electron chi connectivity index (χ2n) is 19.8. The molecule has 6 heteroatoms. The molecule has 0 heterocycles. The number of hydrogen-bond acceptors (Lipinski definition) is 6. The molecule has 76 heavy (non-hydrogen) atoms. The molecule has 0 bridgehead atoms. The van der Waals surface area contributed by atoms with Gasteiger partial charge in [-0.3, -0.25) is 14.4 Å². The van der Waals surface area contributed by atoms with Crippen molar-refractivity contribution < 1.29 is 28.6 Å². The van der Waals surface area contributed by atoms with Gasteiger partial charge in [0.05, 0.1) is 0 Å². The number of allylic oxidation sites excluding steroid dienone is 24. The summed E-state index contributed by atoms with van der Waals surface area (Å²) in [5.74, 6) is -0.966. The van der Waals surface area contributed by atoms with Gasteiger partial charge in [0.1, 0.15) is 13.2 Å². The molecule has 1 unspecified atom stereocenters. The van der Waals surface area contributed by atoms with Crippen molar-refractivity contribution in [2.45, 2.75) is 264 Å². The van der Waals surface area contributed by atoms with Crippen molar-refractivity contribution in [3.05, 3.63) is 146 Å². The highest BCUT2D eigenvalue weighted by molar-refractivity contribution is 5.71. The van der Waals surface area contributed by atoms with E-state index < -0.39 is 6.10 Å². The Hall–Kier alpha value is -4.71. The monoisotopic (exact) mass is 1050 g/mol. The van der Waals surface area contributed by atoms with Gasteiger partial charge in [0, 0.05) is 19.3 Å². The molecule has 0 spiro atoms. The Kier molecular flexibility index (Phi) is 58.9. The van der Waals surface area contributed by atoms with E-state index in [4.69, 9.17) is 14.2 Å². The third kappa shape index (κ3) is 60.2. The molecule has 0 aromatic rings. The molecule has 0 aromatic heterocycles. The van der Waals surface area contributed by atoms with Gasteiger partial charge in [-0.2, -0.15) is 0 Å². The Morgan fingerprint density at radius 3 is 0.816 bits per heavy atom. The SMILES string of the molecule is CC/C=C\C/C=C\C/C=C\C/C=C\C/C=C\C/C=C\C/C=C\CCCCCC(=O)OCC(COC(=O)CCCCCCC/C=C\C/C=C\C/C=C\CC)OC(=O)CCCCCCCCC/C=C\C/C=C\CCCCCC. The van der Waals surface area contributed by atoms with Crippen LogP contribution in [-0.4, -0.2) is 37.2 Å². The van der Waals surface area contributed by atoms with Crippen LogP contribution in [0.4, 0.5) is 0 Å². The van der Waals surface area contributed by atoms with Gasteiger partial charge in [0.2, 0.25) is 0 Å². The summed E-state index contributed by atoms with van der Waals surface area (Å²) in [4.78, 5) is 38.3. The maximum atomic E-state index is 12.9. The van der Waals surface area contributed by atoms with E-state index >= 15 is 0 Å². The Bertz CT molecular complexity index is 1680. The topological polar surface area (TPSA) is 78.9 Å². The first-order valence-electron chi connectivity index (χ1n) is 30.8. The second-order valence-corrected chi connectivity index (χ2v) is 19.8. The zero-order valence-corrected chi connectivity index (χ0v) is 49.0. The fourth-order valence-corrected chi connectivity index (χ4v) is 8.00. The maximum absolute atomic E-state index is 12.9. The van der Waals surface area contributed by atoms with Crippen molar-refractivity contribution in [1.29, 1.82) is 0 Å². The van der Waals surface area contributed by atoms with Crippen LogP contribution in [0.2, 0.25) is 0 Å². The molecule has 0 N–H and O–H groups in total. The summed E-state index contributed by atoms with van der Waals surface area (Å²) in [5, 5.41) is 0. The van der Waals surface area contributed by atoms with Crippen molar-refractivity contribution >= 4 is 17.9 Å². The third-order valence-electron chi connectivity index (χ3n) is 12.6. The molecule has 0 fully saturated rings. The minimum atomic E-state index is -0.811. The number of unbranched alkanes of at least 4 members (excludes halogenated alkanes) is 19. The van der Waals surface area contributed by atoms with Gasteiger partial charge in [-0.25, -0.2) is 0 Å². The highest BCUT2D eigenvalue weighted by atomic mass is 16.6. The molecular formula is C70H112O6. The van der Waals surface area contributed by atoms with E-state index in [0.29, 0.717) is 19.3 Å². The number of ether oxygens (including phenoxy) is 3. The average Bonchev–Trinajstić information content (AvgIpc) is 3.42. The first-order valence-corrected chi connectivity index (χ1v) is 30.8. The number of rotatable bonds is 54. The first-order chi connectivity index (χ1) is 37.5. The first kappa shape index (κ1) is 71.3. The molecule has 6 nitrogen and oxygen atoms in total. The van der Waals surface area contributed by atoms with E-state index in [1.165, 1.54) is 57.8 Å². The fraction of sp³-hybridized carbons (Fsp3) is 0.614. The predicted octanol–water partition coefficient (Wildman–Crippen LogP) is 21.2. The van der Waals surface area contributed by atoms with Crippen LogP contribution < -0.4 is 0 Å². The average molecular weight is 1050 g/mol. The van der Waals surface area contributed by atoms with Gasteiger partial charge >= 0.3 is 17.9 Å². The summed E-state index contributed by atoms with van der Waals surface area (Å²) >= 11 is 0. The predicted molar refractivity (Wildman–Crippen MR) is 329 cm³/mol. The lowest BCUT2D eigenvalue weighted by Crippen LogP contribution is -2.30. The van der Waals surface area contributed by atoms with Crippen molar-refractivity contribution in [1.82, 2.24) is 0 Å². The van der Waals surface area contributed by atoms with Crippen LogP contribution in [0.1, 0.15) is 258 Å². The lowest BCUT2D eigenvalue weighted by atomic mass is 10.1. The number of carbonyl (C=O) groups is 3. The Morgan fingerprint density at radius 2 is 0.513 bits per heavy atom. The molecule has 0 aliphatic heterocycles. The van der Waals surface area contributed by atoms with Crippen LogP contribution in [0.5, 0.6) is 0 Å². The van der Waals surface area contributed by atoms with Gasteiger partial charge < -0.3 is 14.2 Å². The molecule has 0 saturated carbocycles. The fourth-order valence-electron chi connectivity index (χ4n) is 8.00. The van der Waals surface area contributed by atoms with Crippen molar-refractivity contribution in [3.8, 4) is 0 Å². The molecule has 0 aliphatic rings. The standard InChI is InChI=1S/C70H112O6/c1-4-7-10-13-16-19-22-25-28-30-32-33-34-35-36-37-38-40-42-45-48-51-54-57-60-63-69(72)75-66-67(65-74-68(71)62-59-56-53-50-47-44-41-27-24-21-18-15-12-9-6-3)76-70(73)64-61-58-55-52-49-46-43-39-31-29-26-23-20-17-14-11-8-5-2/h7,9-10,12,16,18-21,23,25,27-29,31-33,35-36,38,40-41,45,48,67H,4-6,8,11,13-15,17,22,24,26,30,34,37,39,42-44,46-47,49-66H2,1-3H3/b10-7-,12-9-,19-16-,21-18-,23-20-,28-25-,31-29-,33-32-,36-35-,40-38-,41-27-,48-45-. The molecule has 1 atom stereocenters.